The highest BCUT2D eigenvalue weighted by Crippen LogP contribution is 2.30. The van der Waals surface area contributed by atoms with E-state index >= 15 is 0 Å². The molecule has 6 heteroatoms. The van der Waals surface area contributed by atoms with Crippen LogP contribution in [0, 0.1) is 0 Å². The molecule has 1 unspecified atom stereocenters. The number of hydrogen-bond acceptors (Lipinski definition) is 4. The lowest BCUT2D eigenvalue weighted by molar-refractivity contribution is 0.0937. The Morgan fingerprint density at radius 2 is 1.71 bits per heavy atom. The third-order valence-electron chi connectivity index (χ3n) is 6.95. The third kappa shape index (κ3) is 5.21. The molecule has 1 atom stereocenters. The quantitative estimate of drug-likeness (QED) is 0.338. The maximum absolute atomic E-state index is 13.8. The minimum atomic E-state index is -0.150. The Hall–Kier alpha value is -3.67. The van der Waals surface area contributed by atoms with Gasteiger partial charge in [-0.3, -0.25) is 4.79 Å². The lowest BCUT2D eigenvalue weighted by Crippen LogP contribution is -2.32. The van der Waals surface area contributed by atoms with Crippen molar-refractivity contribution in [3.8, 4) is 0 Å². The van der Waals surface area contributed by atoms with Gasteiger partial charge in [0.1, 0.15) is 0 Å². The number of nitrogens with zero attached hydrogens (tertiary/aromatic N) is 3. The van der Waals surface area contributed by atoms with Crippen LogP contribution >= 0.6 is 0 Å². The van der Waals surface area contributed by atoms with Crippen LogP contribution in [-0.4, -0.2) is 26.7 Å². The van der Waals surface area contributed by atoms with Crippen molar-refractivity contribution in [2.24, 2.45) is 0 Å². The molecular formula is C29H33N5O. The van der Waals surface area contributed by atoms with Gasteiger partial charge < -0.3 is 10.6 Å². The second kappa shape index (κ2) is 10.7. The molecule has 0 bridgehead atoms. The molecule has 35 heavy (non-hydrogen) atoms. The Balaban J connectivity index is 1.48. The fourth-order valence-corrected chi connectivity index (χ4v) is 5.06. The number of amides is 1. The molecule has 1 fully saturated rings. The molecule has 1 amide bonds. The largest absolute Gasteiger partial charge is 0.381 e. The smallest absolute Gasteiger partial charge is 0.255 e. The number of pyridine rings is 1. The van der Waals surface area contributed by atoms with Gasteiger partial charge in [0.25, 0.3) is 5.91 Å². The Labute approximate surface area is 206 Å². The van der Waals surface area contributed by atoms with E-state index in [9.17, 15) is 4.79 Å². The Kier molecular flexibility index (Phi) is 7.07. The first-order chi connectivity index (χ1) is 17.2. The van der Waals surface area contributed by atoms with Crippen molar-refractivity contribution in [2.45, 2.75) is 64.1 Å². The second-order valence-electron chi connectivity index (χ2n) is 9.35. The summed E-state index contributed by atoms with van der Waals surface area (Å²) in [5, 5.41) is 12.5. The lowest BCUT2D eigenvalue weighted by atomic mass is 9.94. The molecule has 1 aliphatic rings. The molecule has 1 aliphatic carbocycles. The van der Waals surface area contributed by atoms with Gasteiger partial charge in [0.2, 0.25) is 0 Å². The number of benzene rings is 2. The lowest BCUT2D eigenvalue weighted by Gasteiger charge is -2.26. The average Bonchev–Trinajstić information content (AvgIpc) is 3.34. The SMILES string of the molecule is CCn1ncc2c(NC3CCCCC3)c(C(=O)NC(Cc3ccccc3)c3ccccc3)cnc21. The van der Waals surface area contributed by atoms with E-state index in [-0.39, 0.29) is 11.9 Å². The minimum Gasteiger partial charge on any atom is -0.381 e. The zero-order valence-electron chi connectivity index (χ0n) is 20.3. The van der Waals surface area contributed by atoms with Crippen molar-refractivity contribution in [1.82, 2.24) is 20.1 Å². The molecule has 0 aliphatic heterocycles. The number of nitrogens with one attached hydrogen (secondary N) is 2. The molecule has 2 aromatic carbocycles. The van der Waals surface area contributed by atoms with Crippen LogP contribution in [0.3, 0.4) is 0 Å². The number of rotatable bonds is 8. The summed E-state index contributed by atoms with van der Waals surface area (Å²) in [7, 11) is 0. The highest BCUT2D eigenvalue weighted by atomic mass is 16.1. The first-order valence-corrected chi connectivity index (χ1v) is 12.7. The van der Waals surface area contributed by atoms with Gasteiger partial charge in [-0.05, 0) is 37.3 Å². The summed E-state index contributed by atoms with van der Waals surface area (Å²) >= 11 is 0. The Bertz CT molecular complexity index is 1260. The van der Waals surface area contributed by atoms with Gasteiger partial charge >= 0.3 is 0 Å². The summed E-state index contributed by atoms with van der Waals surface area (Å²) in [5.41, 5.74) is 4.50. The van der Waals surface area contributed by atoms with E-state index in [2.05, 4.69) is 51.9 Å². The number of aromatic nitrogens is 3. The number of fused-ring (bicyclic) bond motifs is 1. The highest BCUT2D eigenvalue weighted by Gasteiger charge is 2.24. The zero-order valence-corrected chi connectivity index (χ0v) is 20.3. The molecule has 180 valence electrons. The third-order valence-corrected chi connectivity index (χ3v) is 6.95. The predicted octanol–water partition coefficient (Wildman–Crippen LogP) is 5.91. The van der Waals surface area contributed by atoms with Gasteiger partial charge in [-0.2, -0.15) is 5.10 Å². The Morgan fingerprint density at radius 3 is 2.43 bits per heavy atom. The fraction of sp³-hybridized carbons (Fsp3) is 0.345. The second-order valence-corrected chi connectivity index (χ2v) is 9.35. The molecule has 6 nitrogen and oxygen atoms in total. The summed E-state index contributed by atoms with van der Waals surface area (Å²) in [6, 6.07) is 20.7. The zero-order chi connectivity index (χ0) is 24.0. The van der Waals surface area contributed by atoms with Crippen LogP contribution in [0.2, 0.25) is 0 Å². The van der Waals surface area contributed by atoms with Gasteiger partial charge in [-0.15, -0.1) is 0 Å². The molecule has 2 heterocycles. The van der Waals surface area contributed by atoms with E-state index in [1.807, 2.05) is 47.3 Å². The van der Waals surface area contributed by atoms with E-state index < -0.39 is 0 Å². The van der Waals surface area contributed by atoms with Crippen LogP contribution in [0.15, 0.2) is 73.1 Å². The van der Waals surface area contributed by atoms with Gasteiger partial charge in [-0.25, -0.2) is 9.67 Å². The van der Waals surface area contributed by atoms with Crippen LogP contribution in [0.25, 0.3) is 11.0 Å². The first-order valence-electron chi connectivity index (χ1n) is 12.7. The maximum Gasteiger partial charge on any atom is 0.255 e. The molecule has 5 rings (SSSR count). The number of anilines is 1. The van der Waals surface area contributed by atoms with Crippen molar-refractivity contribution >= 4 is 22.6 Å². The van der Waals surface area contributed by atoms with Gasteiger partial charge in [0.15, 0.2) is 5.65 Å². The molecule has 2 aromatic heterocycles. The van der Waals surface area contributed by atoms with Crippen LogP contribution in [0.1, 0.15) is 66.6 Å². The van der Waals surface area contributed by atoms with Crippen LogP contribution in [0.5, 0.6) is 0 Å². The van der Waals surface area contributed by atoms with E-state index in [4.69, 9.17) is 0 Å². The predicted molar refractivity (Wildman–Crippen MR) is 140 cm³/mol. The van der Waals surface area contributed by atoms with Crippen molar-refractivity contribution in [2.75, 3.05) is 5.32 Å². The molecule has 0 saturated heterocycles. The van der Waals surface area contributed by atoms with Crippen LogP contribution in [0.4, 0.5) is 5.69 Å². The molecule has 0 radical (unpaired) electrons. The highest BCUT2D eigenvalue weighted by molar-refractivity contribution is 6.06. The topological polar surface area (TPSA) is 71.8 Å². The van der Waals surface area contributed by atoms with E-state index in [1.54, 1.807) is 6.20 Å². The van der Waals surface area contributed by atoms with Gasteiger partial charge in [0.05, 0.1) is 28.9 Å². The summed E-state index contributed by atoms with van der Waals surface area (Å²) in [5.74, 6) is -0.119. The standard InChI is InChI=1S/C29H33N5O/c1-2-34-28-24(20-31-34)27(32-23-16-10-5-11-17-23)25(19-30-28)29(35)33-26(22-14-8-4-9-15-22)18-21-12-6-3-7-13-21/h3-4,6-9,12-15,19-20,23,26H,2,5,10-11,16-18H2,1H3,(H,30,32)(H,33,35). The molecular weight excluding hydrogens is 434 g/mol. The molecule has 2 N–H and O–H groups in total. The average molecular weight is 468 g/mol. The fourth-order valence-electron chi connectivity index (χ4n) is 5.06. The van der Waals surface area contributed by atoms with Crippen molar-refractivity contribution in [3.63, 3.8) is 0 Å². The number of hydrogen-bond donors (Lipinski definition) is 2. The number of carbonyl (C=O) groups excluding carboxylic acids is 1. The Morgan fingerprint density at radius 1 is 1.00 bits per heavy atom. The van der Waals surface area contributed by atoms with Gasteiger partial charge in [0, 0.05) is 18.8 Å². The summed E-state index contributed by atoms with van der Waals surface area (Å²) in [4.78, 5) is 18.4. The van der Waals surface area contributed by atoms with Crippen molar-refractivity contribution in [1.29, 1.82) is 0 Å². The maximum atomic E-state index is 13.8. The minimum absolute atomic E-state index is 0.119. The number of aryl methyl sites for hydroxylation is 1. The van der Waals surface area contributed by atoms with E-state index in [1.165, 1.54) is 24.8 Å². The molecule has 0 spiro atoms. The normalized spacial score (nSPS) is 15.1. The van der Waals surface area contributed by atoms with Gasteiger partial charge in [-0.1, -0.05) is 79.9 Å². The number of carbonyl (C=O) groups is 1. The van der Waals surface area contributed by atoms with E-state index in [0.29, 0.717) is 18.0 Å². The van der Waals surface area contributed by atoms with Crippen molar-refractivity contribution in [3.05, 3.63) is 89.7 Å². The summed E-state index contributed by atoms with van der Waals surface area (Å²) in [6.45, 7) is 2.79. The van der Waals surface area contributed by atoms with Crippen LogP contribution < -0.4 is 10.6 Å². The van der Waals surface area contributed by atoms with Crippen molar-refractivity contribution < 1.29 is 4.79 Å². The summed E-state index contributed by atoms with van der Waals surface area (Å²) < 4.78 is 1.88. The molecule has 4 aromatic rings. The molecule has 1 saturated carbocycles. The van der Waals surface area contributed by atoms with E-state index in [0.717, 1.165) is 41.7 Å². The summed E-state index contributed by atoms with van der Waals surface area (Å²) in [6.07, 6.45) is 10.2. The van der Waals surface area contributed by atoms with Crippen LogP contribution in [-0.2, 0) is 13.0 Å². The first kappa shape index (κ1) is 23.1. The monoisotopic (exact) mass is 467 g/mol.